The lowest BCUT2D eigenvalue weighted by atomic mass is 10.1. The van der Waals surface area contributed by atoms with E-state index in [1.54, 1.807) is 0 Å². The molecule has 54 heavy (non-hydrogen) atoms. The maximum atomic E-state index is 6.92. The second-order valence-corrected chi connectivity index (χ2v) is 20.7. The molecule has 0 radical (unpaired) electrons. The molecule has 0 amide bonds. The lowest BCUT2D eigenvalue weighted by molar-refractivity contribution is -0.180. The summed E-state index contributed by atoms with van der Waals surface area (Å²) in [5.41, 5.74) is 3.24. The highest BCUT2D eigenvalue weighted by Crippen LogP contribution is 2.61. The number of nitrogens with zero attached hydrogens (tertiary/aromatic N) is 1. The van der Waals surface area contributed by atoms with Crippen molar-refractivity contribution in [2.24, 2.45) is 0 Å². The molecular weight excluding hydrogens is 743 g/mol. The van der Waals surface area contributed by atoms with Crippen molar-refractivity contribution in [2.45, 2.75) is 38.6 Å². The van der Waals surface area contributed by atoms with Gasteiger partial charge in [-0.15, -0.1) is 0 Å². The zero-order chi connectivity index (χ0) is 35.4. The van der Waals surface area contributed by atoms with Crippen LogP contribution in [-0.4, -0.2) is 10.8 Å². The molecule has 0 saturated heterocycles. The normalized spacial score (nSPS) is 13.4. The summed E-state index contributed by atoms with van der Waals surface area (Å²) in [5, 5.41) is 7.97. The number of ether oxygens (including phenoxy) is 2. The Bertz CT molecular complexity index is 2050. The molecule has 0 spiro atoms. The minimum Gasteiger partial charge on any atom is -1.00 e. The van der Waals surface area contributed by atoms with E-state index in [0.717, 1.165) is 29.3 Å². The standard InChI is InChI=1S/C47H43NO2P2.2ClH/c1-47(2)49-34-44-37(35-51(38-21-9-3-10-22-38,39-23-11-4-12-24-39)40-25-13-5-14-26-40)33-48-45(46(44)50-47)36-52(41-27-15-6-16-28-41,42-29-17-7-18-30-42)43-31-19-8-20-32-43;;/h3-33H,34-36H2,1-2H3;2*1H/q+2;;/p-2. The van der Waals surface area contributed by atoms with E-state index in [0.29, 0.717) is 6.61 Å². The van der Waals surface area contributed by atoms with Crippen molar-refractivity contribution in [1.82, 2.24) is 4.98 Å². The van der Waals surface area contributed by atoms with Crippen molar-refractivity contribution < 1.29 is 34.3 Å². The first-order chi connectivity index (χ1) is 25.5. The average molecular weight is 787 g/mol. The first-order valence-corrected chi connectivity index (χ1v) is 21.9. The lowest BCUT2D eigenvalue weighted by Crippen LogP contribution is -3.00. The minimum atomic E-state index is -2.24. The van der Waals surface area contributed by atoms with Gasteiger partial charge in [-0.2, -0.15) is 0 Å². The molecule has 6 aromatic carbocycles. The van der Waals surface area contributed by atoms with Crippen LogP contribution in [0.1, 0.15) is 30.7 Å². The SMILES string of the molecule is CC1(C)OCc2c(C[P+](c3ccccc3)(c3ccccc3)c3ccccc3)cnc(C[P+](c3ccccc3)(c3ccccc3)c3ccccc3)c2O1.[Cl-].[Cl-]. The second-order valence-electron chi connectivity index (χ2n) is 13.8. The van der Waals surface area contributed by atoms with E-state index < -0.39 is 20.3 Å². The van der Waals surface area contributed by atoms with Gasteiger partial charge < -0.3 is 34.3 Å². The van der Waals surface area contributed by atoms with Crippen LogP contribution in [0.5, 0.6) is 5.75 Å². The Morgan fingerprint density at radius 3 is 1.13 bits per heavy atom. The maximum absolute atomic E-state index is 6.92. The third kappa shape index (κ3) is 7.50. The van der Waals surface area contributed by atoms with Crippen LogP contribution in [0.4, 0.5) is 0 Å². The second kappa shape index (κ2) is 17.0. The molecule has 0 bridgehead atoms. The molecule has 7 aromatic rings. The van der Waals surface area contributed by atoms with Crippen molar-refractivity contribution in [3.63, 3.8) is 0 Å². The van der Waals surface area contributed by atoms with Crippen LogP contribution in [-0.2, 0) is 23.7 Å². The van der Waals surface area contributed by atoms with E-state index in [1.165, 1.54) is 37.4 Å². The van der Waals surface area contributed by atoms with Crippen LogP contribution in [0.25, 0.3) is 0 Å². The van der Waals surface area contributed by atoms with E-state index in [9.17, 15) is 0 Å². The van der Waals surface area contributed by atoms with Crippen molar-refractivity contribution >= 4 is 46.4 Å². The molecule has 1 aromatic heterocycles. The number of pyridine rings is 1. The number of halogens is 2. The van der Waals surface area contributed by atoms with Crippen LogP contribution in [0, 0.1) is 0 Å². The highest BCUT2D eigenvalue weighted by molar-refractivity contribution is 7.95. The fraction of sp³-hybridized carbons (Fsp3) is 0.128. The highest BCUT2D eigenvalue weighted by Gasteiger charge is 2.49. The molecule has 0 N–H and O–H groups in total. The molecule has 1 aliphatic rings. The Hall–Kier alpha value is -4.33. The Kier molecular flexibility index (Phi) is 12.4. The Balaban J connectivity index is 0.00000249. The van der Waals surface area contributed by atoms with E-state index in [2.05, 4.69) is 188 Å². The third-order valence-corrected chi connectivity index (χ3v) is 18.9. The number of fused-ring (bicyclic) bond motifs is 1. The van der Waals surface area contributed by atoms with Gasteiger partial charge in [0.05, 0.1) is 6.61 Å². The van der Waals surface area contributed by atoms with Crippen LogP contribution in [0.2, 0.25) is 0 Å². The fourth-order valence-corrected chi connectivity index (χ4v) is 16.1. The molecule has 7 heteroatoms. The molecule has 1 aliphatic heterocycles. The predicted octanol–water partition coefficient (Wildman–Crippen LogP) is 2.72. The maximum Gasteiger partial charge on any atom is 0.205 e. The van der Waals surface area contributed by atoms with Gasteiger partial charge in [0.1, 0.15) is 64.4 Å². The van der Waals surface area contributed by atoms with Crippen molar-refractivity contribution in [3.05, 3.63) is 205 Å². The molecule has 0 fully saturated rings. The summed E-state index contributed by atoms with van der Waals surface area (Å²) < 4.78 is 13.4. The number of rotatable bonds is 10. The molecule has 0 atom stereocenters. The number of aromatic nitrogens is 1. The Morgan fingerprint density at radius 2 is 0.796 bits per heavy atom. The smallest absolute Gasteiger partial charge is 0.205 e. The molecule has 3 nitrogen and oxygen atoms in total. The monoisotopic (exact) mass is 785 g/mol. The largest absolute Gasteiger partial charge is 1.00 e. The third-order valence-electron chi connectivity index (χ3n) is 10.2. The van der Waals surface area contributed by atoms with Gasteiger partial charge in [-0.3, -0.25) is 4.98 Å². The van der Waals surface area contributed by atoms with Crippen molar-refractivity contribution in [1.29, 1.82) is 0 Å². The fourth-order valence-electron chi connectivity index (χ4n) is 7.68. The predicted molar refractivity (Wildman–Crippen MR) is 221 cm³/mol. The molecule has 2 heterocycles. The van der Waals surface area contributed by atoms with Gasteiger partial charge in [-0.25, -0.2) is 0 Å². The zero-order valence-corrected chi connectivity index (χ0v) is 33.7. The molecule has 0 unspecified atom stereocenters. The summed E-state index contributed by atoms with van der Waals surface area (Å²) in [6.45, 7) is 4.48. The van der Waals surface area contributed by atoms with Crippen LogP contribution in [0.15, 0.2) is 188 Å². The molecule has 8 rings (SSSR count). The first kappa shape index (κ1) is 39.4. The lowest BCUT2D eigenvalue weighted by Gasteiger charge is -2.36. The molecular formula is C47H43Cl2NO2P2. The van der Waals surface area contributed by atoms with Gasteiger partial charge >= 0.3 is 0 Å². The van der Waals surface area contributed by atoms with E-state index >= 15 is 0 Å². The van der Waals surface area contributed by atoms with Gasteiger partial charge in [0.2, 0.25) is 5.79 Å². The summed E-state index contributed by atoms with van der Waals surface area (Å²) in [5.74, 6) is 0.0770. The number of hydrogen-bond acceptors (Lipinski definition) is 3. The van der Waals surface area contributed by atoms with Gasteiger partial charge in [-0.1, -0.05) is 109 Å². The summed E-state index contributed by atoms with van der Waals surface area (Å²) >= 11 is 0. The zero-order valence-electron chi connectivity index (χ0n) is 30.4. The van der Waals surface area contributed by atoms with Crippen LogP contribution < -0.4 is 61.4 Å². The average Bonchev–Trinajstić information content (AvgIpc) is 3.21. The first-order valence-electron chi connectivity index (χ1n) is 17.9. The van der Waals surface area contributed by atoms with Gasteiger partial charge in [-0.05, 0) is 72.8 Å². The summed E-state index contributed by atoms with van der Waals surface area (Å²) in [6, 6.07) is 66.2. The van der Waals surface area contributed by atoms with Gasteiger partial charge in [0.25, 0.3) is 0 Å². The van der Waals surface area contributed by atoms with E-state index in [4.69, 9.17) is 14.5 Å². The number of benzene rings is 6. The van der Waals surface area contributed by atoms with E-state index in [1.807, 2.05) is 13.8 Å². The molecule has 272 valence electrons. The molecule has 0 aliphatic carbocycles. The summed E-state index contributed by atoms with van der Waals surface area (Å²) in [7, 11) is -4.44. The van der Waals surface area contributed by atoms with E-state index in [-0.39, 0.29) is 24.8 Å². The Morgan fingerprint density at radius 1 is 0.481 bits per heavy atom. The topological polar surface area (TPSA) is 31.4 Å². The van der Waals surface area contributed by atoms with Crippen molar-refractivity contribution in [2.75, 3.05) is 0 Å². The Labute approximate surface area is 333 Å². The van der Waals surface area contributed by atoms with Gasteiger partial charge in [0, 0.05) is 31.2 Å². The van der Waals surface area contributed by atoms with Crippen LogP contribution in [0.3, 0.4) is 0 Å². The van der Waals surface area contributed by atoms with Crippen molar-refractivity contribution in [3.8, 4) is 5.75 Å². The van der Waals surface area contributed by atoms with Crippen LogP contribution >= 0.6 is 14.5 Å². The summed E-state index contributed by atoms with van der Waals surface area (Å²) in [4.78, 5) is 5.45. The summed E-state index contributed by atoms with van der Waals surface area (Å²) in [6.07, 6.45) is 3.66. The minimum absolute atomic E-state index is 0. The quantitative estimate of drug-likeness (QED) is 0.200. The molecule has 0 saturated carbocycles. The highest BCUT2D eigenvalue weighted by atomic mass is 35.5. The van der Waals surface area contributed by atoms with Gasteiger partial charge in [0.15, 0.2) is 5.75 Å². The number of hydrogen-bond donors (Lipinski definition) is 0.